The van der Waals surface area contributed by atoms with Crippen molar-refractivity contribution in [3.05, 3.63) is 93.8 Å². The molecule has 0 aliphatic rings. The summed E-state index contributed by atoms with van der Waals surface area (Å²) in [4.78, 5) is 25.9. The first-order chi connectivity index (χ1) is 16.1. The maximum Gasteiger partial charge on any atom is 0.358 e. The number of hydrogen-bond acceptors (Lipinski definition) is 5. The van der Waals surface area contributed by atoms with Crippen LogP contribution in [0.25, 0.3) is 16.9 Å². The van der Waals surface area contributed by atoms with Gasteiger partial charge < -0.3 is 10.1 Å². The van der Waals surface area contributed by atoms with E-state index in [-0.39, 0.29) is 18.2 Å². The van der Waals surface area contributed by atoms with E-state index in [9.17, 15) is 9.59 Å². The molecule has 0 aliphatic carbocycles. The average Bonchev–Trinajstić information content (AvgIpc) is 3.53. The number of carbonyl (C=O) groups excluding carboxylic acids is 2. The molecule has 0 unspecified atom stereocenters. The predicted molar refractivity (Wildman–Crippen MR) is 130 cm³/mol. The summed E-state index contributed by atoms with van der Waals surface area (Å²) in [6.07, 6.45) is 0.948. The molecule has 0 aliphatic heterocycles. The summed E-state index contributed by atoms with van der Waals surface area (Å²) in [5, 5.41) is 9.42. The minimum Gasteiger partial charge on any atom is -0.461 e. The Labute approximate surface area is 196 Å². The van der Waals surface area contributed by atoms with Gasteiger partial charge in [0, 0.05) is 16.0 Å². The normalized spacial score (nSPS) is 10.7. The number of nitrogens with zero attached hydrogens (tertiary/aromatic N) is 2. The number of rotatable bonds is 8. The van der Waals surface area contributed by atoms with Gasteiger partial charge in [-0.25, -0.2) is 9.48 Å². The number of aromatic nitrogens is 2. The number of amides is 1. The molecule has 1 N–H and O–H groups in total. The van der Waals surface area contributed by atoms with Gasteiger partial charge in [0.05, 0.1) is 24.5 Å². The van der Waals surface area contributed by atoms with Gasteiger partial charge in [-0.05, 0) is 60.7 Å². The van der Waals surface area contributed by atoms with Crippen LogP contribution in [0, 0.1) is 0 Å². The van der Waals surface area contributed by atoms with Crippen molar-refractivity contribution in [3.63, 3.8) is 0 Å². The largest absolute Gasteiger partial charge is 0.461 e. The lowest BCUT2D eigenvalue weighted by Crippen LogP contribution is -2.22. The molecule has 0 saturated heterocycles. The zero-order valence-corrected chi connectivity index (χ0v) is 19.4. The summed E-state index contributed by atoms with van der Waals surface area (Å²) in [5.41, 5.74) is 4.48. The van der Waals surface area contributed by atoms with E-state index >= 15 is 0 Å². The lowest BCUT2D eigenvalue weighted by Gasteiger charge is -2.09. The summed E-state index contributed by atoms with van der Waals surface area (Å²) in [7, 11) is 0. The summed E-state index contributed by atoms with van der Waals surface area (Å²) in [6.45, 7) is 4.65. The zero-order chi connectivity index (χ0) is 23.2. The minimum absolute atomic E-state index is 0.141. The van der Waals surface area contributed by atoms with Gasteiger partial charge >= 0.3 is 5.97 Å². The topological polar surface area (TPSA) is 73.2 Å². The molecule has 6 nitrogen and oxygen atoms in total. The third kappa shape index (κ3) is 5.21. The fourth-order valence-corrected chi connectivity index (χ4v) is 4.08. The van der Waals surface area contributed by atoms with Crippen LogP contribution in [0.1, 0.15) is 45.1 Å². The molecule has 0 spiro atoms. The van der Waals surface area contributed by atoms with Gasteiger partial charge in [0.1, 0.15) is 0 Å². The van der Waals surface area contributed by atoms with Crippen molar-refractivity contribution in [2.45, 2.75) is 26.8 Å². The maximum absolute atomic E-state index is 12.5. The van der Waals surface area contributed by atoms with Crippen LogP contribution < -0.4 is 5.32 Å². The van der Waals surface area contributed by atoms with E-state index in [0.29, 0.717) is 12.1 Å². The number of esters is 1. The quantitative estimate of drug-likeness (QED) is 0.364. The molecule has 0 radical (unpaired) electrons. The molecule has 1 amide bonds. The standard InChI is InChI=1S/C26H25N3O3S/c1-3-18-7-9-19(10-8-18)24-16-23(26(31)32-4-2)28-29(24)21-13-11-20(12-14-21)25(30)27-17-22-6-5-15-33-22/h5-16H,3-4,17H2,1-2H3,(H,27,30). The van der Waals surface area contributed by atoms with Crippen molar-refractivity contribution in [1.82, 2.24) is 15.1 Å². The van der Waals surface area contributed by atoms with E-state index in [1.165, 1.54) is 5.56 Å². The predicted octanol–water partition coefficient (Wildman–Crippen LogP) is 5.27. The van der Waals surface area contributed by atoms with Crippen LogP contribution in [0.5, 0.6) is 0 Å². The Morgan fingerprint density at radius 1 is 1.03 bits per heavy atom. The second kappa shape index (κ2) is 10.3. The highest BCUT2D eigenvalue weighted by Crippen LogP contribution is 2.25. The Kier molecular flexibility index (Phi) is 7.00. The van der Waals surface area contributed by atoms with E-state index in [1.54, 1.807) is 41.1 Å². The molecule has 33 heavy (non-hydrogen) atoms. The first-order valence-corrected chi connectivity index (χ1v) is 11.7. The first kappa shape index (κ1) is 22.5. The van der Waals surface area contributed by atoms with Crippen LogP contribution >= 0.6 is 11.3 Å². The Morgan fingerprint density at radius 2 is 1.79 bits per heavy atom. The maximum atomic E-state index is 12.5. The lowest BCUT2D eigenvalue weighted by atomic mass is 10.1. The molecule has 0 fully saturated rings. The van der Waals surface area contributed by atoms with Crippen LogP contribution in [0.2, 0.25) is 0 Å². The second-order valence-electron chi connectivity index (χ2n) is 7.41. The molecule has 0 atom stereocenters. The minimum atomic E-state index is -0.466. The second-order valence-corrected chi connectivity index (χ2v) is 8.44. The monoisotopic (exact) mass is 459 g/mol. The van der Waals surface area contributed by atoms with Crippen molar-refractivity contribution < 1.29 is 14.3 Å². The smallest absolute Gasteiger partial charge is 0.358 e. The van der Waals surface area contributed by atoms with Crippen LogP contribution in [-0.2, 0) is 17.7 Å². The van der Waals surface area contributed by atoms with Gasteiger partial charge in [0.15, 0.2) is 5.69 Å². The molecule has 7 heteroatoms. The number of benzene rings is 2. The Balaban J connectivity index is 1.62. The zero-order valence-electron chi connectivity index (χ0n) is 18.6. The van der Waals surface area contributed by atoms with Crippen LogP contribution in [0.15, 0.2) is 72.1 Å². The van der Waals surface area contributed by atoms with Crippen molar-refractivity contribution >= 4 is 23.2 Å². The van der Waals surface area contributed by atoms with Crippen LogP contribution in [0.4, 0.5) is 0 Å². The van der Waals surface area contributed by atoms with Crippen molar-refractivity contribution in [1.29, 1.82) is 0 Å². The third-order valence-corrected chi connectivity index (χ3v) is 6.11. The number of aryl methyl sites for hydroxylation is 1. The van der Waals surface area contributed by atoms with E-state index in [1.807, 2.05) is 41.8 Å². The van der Waals surface area contributed by atoms with Gasteiger partial charge in [0.25, 0.3) is 5.91 Å². The summed E-state index contributed by atoms with van der Waals surface area (Å²) < 4.78 is 6.85. The van der Waals surface area contributed by atoms with Crippen molar-refractivity contribution in [2.75, 3.05) is 6.61 Å². The van der Waals surface area contributed by atoms with Gasteiger partial charge in [-0.2, -0.15) is 5.10 Å². The lowest BCUT2D eigenvalue weighted by molar-refractivity contribution is 0.0519. The van der Waals surface area contributed by atoms with E-state index < -0.39 is 5.97 Å². The van der Waals surface area contributed by atoms with Gasteiger partial charge in [-0.1, -0.05) is 37.3 Å². The number of hydrogen-bond donors (Lipinski definition) is 1. The van der Waals surface area contributed by atoms with Crippen LogP contribution in [-0.4, -0.2) is 28.3 Å². The molecule has 2 aromatic carbocycles. The highest BCUT2D eigenvalue weighted by molar-refractivity contribution is 7.09. The van der Waals surface area contributed by atoms with Crippen LogP contribution in [0.3, 0.4) is 0 Å². The van der Waals surface area contributed by atoms with E-state index in [2.05, 4.69) is 29.5 Å². The van der Waals surface area contributed by atoms with Gasteiger partial charge in [-0.15, -0.1) is 11.3 Å². The number of nitrogens with one attached hydrogen (secondary N) is 1. The number of ether oxygens (including phenoxy) is 1. The van der Waals surface area contributed by atoms with Crippen molar-refractivity contribution in [3.8, 4) is 16.9 Å². The van der Waals surface area contributed by atoms with Crippen molar-refractivity contribution in [2.24, 2.45) is 0 Å². The highest BCUT2D eigenvalue weighted by atomic mass is 32.1. The third-order valence-electron chi connectivity index (χ3n) is 5.23. The Hall–Kier alpha value is -3.71. The Morgan fingerprint density at radius 3 is 2.42 bits per heavy atom. The Bertz CT molecular complexity index is 1230. The molecule has 4 aromatic rings. The molecule has 2 heterocycles. The summed E-state index contributed by atoms with van der Waals surface area (Å²) >= 11 is 1.61. The molecule has 0 saturated carbocycles. The highest BCUT2D eigenvalue weighted by Gasteiger charge is 2.18. The number of carbonyl (C=O) groups is 2. The molecule has 168 valence electrons. The first-order valence-electron chi connectivity index (χ1n) is 10.9. The fraction of sp³-hybridized carbons (Fsp3) is 0.192. The summed E-state index contributed by atoms with van der Waals surface area (Å²) in [6, 6.07) is 21.0. The van der Waals surface area contributed by atoms with Gasteiger partial charge in [-0.3, -0.25) is 4.79 Å². The molecule has 4 rings (SSSR count). The van der Waals surface area contributed by atoms with E-state index in [4.69, 9.17) is 4.74 Å². The molecular weight excluding hydrogens is 434 g/mol. The summed E-state index contributed by atoms with van der Waals surface area (Å²) in [5.74, 6) is -0.606. The molecule has 0 bridgehead atoms. The fourth-order valence-electron chi connectivity index (χ4n) is 3.44. The van der Waals surface area contributed by atoms with Gasteiger partial charge in [0.2, 0.25) is 0 Å². The number of thiophene rings is 1. The van der Waals surface area contributed by atoms with E-state index in [0.717, 1.165) is 28.2 Å². The SMILES string of the molecule is CCOC(=O)c1cc(-c2ccc(CC)cc2)n(-c2ccc(C(=O)NCc3cccs3)cc2)n1. The molecular formula is C26H25N3O3S. The average molecular weight is 460 g/mol. The molecule has 2 aromatic heterocycles.